The van der Waals surface area contributed by atoms with Gasteiger partial charge in [-0.25, -0.2) is 8.78 Å². The minimum Gasteiger partial charge on any atom is -0.314 e. The highest BCUT2D eigenvalue weighted by atomic mass is 35.5. The van der Waals surface area contributed by atoms with E-state index < -0.39 is 11.6 Å². The molecule has 0 bridgehead atoms. The molecule has 1 N–H and O–H groups in total. The molecule has 0 radical (unpaired) electrons. The third-order valence-electron chi connectivity index (χ3n) is 2.54. The number of nitrogens with one attached hydrogen (secondary N) is 1. The van der Waals surface area contributed by atoms with Gasteiger partial charge in [-0.15, -0.1) is 12.4 Å². The zero-order chi connectivity index (χ0) is 10.7. The molecule has 1 aromatic carbocycles. The smallest absolute Gasteiger partial charge is 0.126 e. The van der Waals surface area contributed by atoms with Crippen molar-refractivity contribution in [2.24, 2.45) is 0 Å². The largest absolute Gasteiger partial charge is 0.314 e. The average molecular weight is 249 g/mol. The van der Waals surface area contributed by atoms with Crippen molar-refractivity contribution >= 4 is 12.4 Å². The van der Waals surface area contributed by atoms with Crippen molar-refractivity contribution in [2.45, 2.75) is 6.54 Å². The molecule has 1 aliphatic heterocycles. The van der Waals surface area contributed by atoms with E-state index in [-0.39, 0.29) is 12.4 Å². The normalized spacial score (nSPS) is 16.9. The van der Waals surface area contributed by atoms with Crippen LogP contribution in [0.5, 0.6) is 0 Å². The molecule has 0 spiro atoms. The fraction of sp³-hybridized carbons (Fsp3) is 0.455. The minimum absolute atomic E-state index is 0. The van der Waals surface area contributed by atoms with Gasteiger partial charge >= 0.3 is 0 Å². The van der Waals surface area contributed by atoms with Crippen molar-refractivity contribution in [1.82, 2.24) is 10.2 Å². The third-order valence-corrected chi connectivity index (χ3v) is 2.54. The highest BCUT2D eigenvalue weighted by Crippen LogP contribution is 2.10. The maximum absolute atomic E-state index is 12.9. The van der Waals surface area contributed by atoms with E-state index in [1.807, 2.05) is 0 Å². The molecule has 16 heavy (non-hydrogen) atoms. The summed E-state index contributed by atoms with van der Waals surface area (Å²) in [6.45, 7) is 4.36. The Morgan fingerprint density at radius 1 is 1.06 bits per heavy atom. The van der Waals surface area contributed by atoms with Gasteiger partial charge in [-0.2, -0.15) is 0 Å². The molecule has 0 atom stereocenters. The molecule has 0 saturated carbocycles. The molecular formula is C11H15ClF2N2. The van der Waals surface area contributed by atoms with Crippen molar-refractivity contribution < 1.29 is 8.78 Å². The van der Waals surface area contributed by atoms with Crippen molar-refractivity contribution in [3.63, 3.8) is 0 Å². The lowest BCUT2D eigenvalue weighted by Crippen LogP contribution is -2.42. The summed E-state index contributed by atoms with van der Waals surface area (Å²) < 4.78 is 25.8. The molecule has 1 aliphatic rings. The lowest BCUT2D eigenvalue weighted by molar-refractivity contribution is 0.232. The molecule has 0 aliphatic carbocycles. The van der Waals surface area contributed by atoms with Crippen molar-refractivity contribution in [3.8, 4) is 0 Å². The second-order valence-electron chi connectivity index (χ2n) is 3.80. The molecule has 1 heterocycles. The lowest BCUT2D eigenvalue weighted by Gasteiger charge is -2.27. The Balaban J connectivity index is 0.00000128. The van der Waals surface area contributed by atoms with Crippen LogP contribution in [0.25, 0.3) is 0 Å². The van der Waals surface area contributed by atoms with Crippen LogP contribution in [0.4, 0.5) is 8.78 Å². The molecule has 0 amide bonds. The molecule has 0 unspecified atom stereocenters. The molecule has 1 saturated heterocycles. The first kappa shape index (κ1) is 13.4. The van der Waals surface area contributed by atoms with Crippen LogP contribution in [0.1, 0.15) is 5.56 Å². The standard InChI is InChI=1S/C11H14F2N2.ClH/c12-10-5-9(6-11(13)7-10)8-15-3-1-14-2-4-15;/h5-7,14H,1-4,8H2;1H. The molecule has 1 aromatic rings. The second-order valence-corrected chi connectivity index (χ2v) is 3.80. The summed E-state index contributed by atoms with van der Waals surface area (Å²) >= 11 is 0. The first-order valence-electron chi connectivity index (χ1n) is 5.12. The lowest BCUT2D eigenvalue weighted by atomic mass is 10.2. The predicted octanol–water partition coefficient (Wildman–Crippen LogP) is 1.79. The van der Waals surface area contributed by atoms with Crippen LogP contribution in [-0.4, -0.2) is 31.1 Å². The molecule has 90 valence electrons. The zero-order valence-corrected chi connectivity index (χ0v) is 9.70. The summed E-state index contributed by atoms with van der Waals surface area (Å²) in [7, 11) is 0. The SMILES string of the molecule is Cl.Fc1cc(F)cc(CN2CCNCC2)c1. The van der Waals surface area contributed by atoms with E-state index in [9.17, 15) is 8.78 Å². The van der Waals surface area contributed by atoms with Crippen LogP contribution in [-0.2, 0) is 6.54 Å². The first-order chi connectivity index (χ1) is 7.24. The molecule has 0 aromatic heterocycles. The number of nitrogens with zero attached hydrogens (tertiary/aromatic N) is 1. The Morgan fingerprint density at radius 3 is 2.19 bits per heavy atom. The summed E-state index contributed by atoms with van der Waals surface area (Å²) in [6, 6.07) is 3.69. The van der Waals surface area contributed by atoms with Gasteiger partial charge in [0, 0.05) is 38.8 Å². The van der Waals surface area contributed by atoms with Gasteiger partial charge < -0.3 is 5.32 Å². The molecule has 2 rings (SSSR count). The van der Waals surface area contributed by atoms with E-state index in [4.69, 9.17) is 0 Å². The highest BCUT2D eigenvalue weighted by Gasteiger charge is 2.10. The monoisotopic (exact) mass is 248 g/mol. The number of rotatable bonds is 2. The van der Waals surface area contributed by atoms with Crippen LogP contribution in [0.2, 0.25) is 0 Å². The topological polar surface area (TPSA) is 15.3 Å². The van der Waals surface area contributed by atoms with Gasteiger partial charge in [0.1, 0.15) is 11.6 Å². The second kappa shape index (κ2) is 6.13. The summed E-state index contributed by atoms with van der Waals surface area (Å²) in [5.41, 5.74) is 0.703. The van der Waals surface area contributed by atoms with Gasteiger partial charge in [-0.05, 0) is 17.7 Å². The first-order valence-corrected chi connectivity index (χ1v) is 5.12. The third kappa shape index (κ3) is 3.70. The average Bonchev–Trinajstić information content (AvgIpc) is 2.17. The Bertz CT molecular complexity index is 321. The Kier molecular flexibility index (Phi) is 5.12. The van der Waals surface area contributed by atoms with E-state index in [2.05, 4.69) is 10.2 Å². The summed E-state index contributed by atoms with van der Waals surface area (Å²) in [6.07, 6.45) is 0. The number of piperazine rings is 1. The van der Waals surface area contributed by atoms with Gasteiger partial charge in [0.25, 0.3) is 0 Å². The van der Waals surface area contributed by atoms with E-state index in [1.165, 1.54) is 12.1 Å². The predicted molar refractivity (Wildman–Crippen MR) is 61.8 cm³/mol. The van der Waals surface area contributed by atoms with Crippen LogP contribution >= 0.6 is 12.4 Å². The fourth-order valence-corrected chi connectivity index (χ4v) is 1.83. The Labute approximate surface area is 100 Å². The van der Waals surface area contributed by atoms with Crippen LogP contribution in [0.3, 0.4) is 0 Å². The minimum atomic E-state index is -0.500. The molecule has 1 fully saturated rings. The Morgan fingerprint density at radius 2 is 1.62 bits per heavy atom. The van der Waals surface area contributed by atoms with E-state index >= 15 is 0 Å². The van der Waals surface area contributed by atoms with Gasteiger partial charge in [0.2, 0.25) is 0 Å². The maximum atomic E-state index is 12.9. The van der Waals surface area contributed by atoms with Gasteiger partial charge in [0.15, 0.2) is 0 Å². The molecule has 5 heteroatoms. The van der Waals surface area contributed by atoms with Crippen molar-refractivity contribution in [3.05, 3.63) is 35.4 Å². The summed E-state index contributed by atoms with van der Waals surface area (Å²) in [4.78, 5) is 2.19. The van der Waals surface area contributed by atoms with Crippen LogP contribution in [0, 0.1) is 11.6 Å². The van der Waals surface area contributed by atoms with E-state index in [1.54, 1.807) is 0 Å². The van der Waals surface area contributed by atoms with Crippen molar-refractivity contribution in [2.75, 3.05) is 26.2 Å². The highest BCUT2D eigenvalue weighted by molar-refractivity contribution is 5.85. The Hall–Kier alpha value is -0.710. The maximum Gasteiger partial charge on any atom is 0.126 e. The fourth-order valence-electron chi connectivity index (χ4n) is 1.83. The molecular weight excluding hydrogens is 234 g/mol. The van der Waals surface area contributed by atoms with Crippen LogP contribution < -0.4 is 5.32 Å². The van der Waals surface area contributed by atoms with Gasteiger partial charge in [-0.1, -0.05) is 0 Å². The van der Waals surface area contributed by atoms with Gasteiger partial charge in [0.05, 0.1) is 0 Å². The van der Waals surface area contributed by atoms with Gasteiger partial charge in [-0.3, -0.25) is 4.90 Å². The van der Waals surface area contributed by atoms with Crippen LogP contribution in [0.15, 0.2) is 18.2 Å². The summed E-state index contributed by atoms with van der Waals surface area (Å²) in [5, 5.41) is 3.23. The number of hydrogen-bond acceptors (Lipinski definition) is 2. The van der Waals surface area contributed by atoms with Crippen molar-refractivity contribution in [1.29, 1.82) is 0 Å². The number of hydrogen-bond donors (Lipinski definition) is 1. The van der Waals surface area contributed by atoms with E-state index in [0.717, 1.165) is 32.2 Å². The zero-order valence-electron chi connectivity index (χ0n) is 8.88. The quantitative estimate of drug-likeness (QED) is 0.859. The number of benzene rings is 1. The van der Waals surface area contributed by atoms with E-state index in [0.29, 0.717) is 12.1 Å². The summed E-state index contributed by atoms with van der Waals surface area (Å²) in [5.74, 6) is -1.000. The number of halogens is 3. The molecule has 2 nitrogen and oxygen atoms in total.